The van der Waals surface area contributed by atoms with Crippen molar-refractivity contribution in [1.82, 2.24) is 9.97 Å². The van der Waals surface area contributed by atoms with Gasteiger partial charge in [0.25, 0.3) is 0 Å². The lowest BCUT2D eigenvalue weighted by molar-refractivity contribution is 0.627. The molecule has 0 aliphatic heterocycles. The summed E-state index contributed by atoms with van der Waals surface area (Å²) >= 11 is 0. The molecule has 0 spiro atoms. The number of nitrogens with one attached hydrogen (secondary N) is 2. The molecule has 1 heterocycles. The van der Waals surface area contributed by atoms with Crippen molar-refractivity contribution in [1.29, 1.82) is 0 Å². The van der Waals surface area contributed by atoms with Gasteiger partial charge in [-0.1, -0.05) is 44.2 Å². The fraction of sp³-hybridized carbons (Fsp3) is 0.238. The number of hydrogen-bond acceptors (Lipinski definition) is 4. The molecule has 4 nitrogen and oxygen atoms in total. The number of aryl methyl sites for hydroxylation is 1. The first-order valence-corrected chi connectivity index (χ1v) is 8.71. The van der Waals surface area contributed by atoms with E-state index >= 15 is 0 Å². The first-order valence-electron chi connectivity index (χ1n) is 8.71. The van der Waals surface area contributed by atoms with Crippen LogP contribution in [0.4, 0.5) is 21.8 Å². The number of rotatable bonds is 6. The van der Waals surface area contributed by atoms with E-state index in [-0.39, 0.29) is 5.82 Å². The van der Waals surface area contributed by atoms with Crippen LogP contribution in [-0.4, -0.2) is 9.97 Å². The molecule has 0 amide bonds. The van der Waals surface area contributed by atoms with Crippen molar-refractivity contribution in [2.75, 3.05) is 10.6 Å². The van der Waals surface area contributed by atoms with Crippen LogP contribution in [0.5, 0.6) is 0 Å². The van der Waals surface area contributed by atoms with Crippen LogP contribution in [0.15, 0.2) is 54.7 Å². The van der Waals surface area contributed by atoms with Crippen LogP contribution in [0.25, 0.3) is 0 Å². The molecule has 0 fully saturated rings. The second-order valence-corrected chi connectivity index (χ2v) is 6.56. The first-order chi connectivity index (χ1) is 12.5. The minimum absolute atomic E-state index is 0.235. The van der Waals surface area contributed by atoms with E-state index in [2.05, 4.69) is 59.6 Å². The van der Waals surface area contributed by atoms with Gasteiger partial charge in [-0.25, -0.2) is 9.37 Å². The van der Waals surface area contributed by atoms with E-state index in [1.54, 1.807) is 18.3 Å². The summed E-state index contributed by atoms with van der Waals surface area (Å²) in [5, 5.41) is 6.60. The molecule has 26 heavy (non-hydrogen) atoms. The fourth-order valence-corrected chi connectivity index (χ4v) is 2.77. The lowest BCUT2D eigenvalue weighted by atomic mass is 9.98. The molecule has 1 aromatic heterocycles. The highest BCUT2D eigenvalue weighted by Gasteiger charge is 2.10. The van der Waals surface area contributed by atoms with Crippen molar-refractivity contribution >= 4 is 17.5 Å². The number of hydrogen-bond donors (Lipinski definition) is 2. The third kappa shape index (κ3) is 4.36. The van der Waals surface area contributed by atoms with E-state index in [0.717, 1.165) is 16.8 Å². The molecule has 5 heteroatoms. The van der Waals surface area contributed by atoms with Crippen molar-refractivity contribution in [2.24, 2.45) is 0 Å². The highest BCUT2D eigenvalue weighted by molar-refractivity contribution is 5.64. The van der Waals surface area contributed by atoms with Crippen molar-refractivity contribution in [3.63, 3.8) is 0 Å². The predicted octanol–water partition coefficient (Wildman–Crippen LogP) is 5.40. The highest BCUT2D eigenvalue weighted by Crippen LogP contribution is 2.29. The number of halogens is 1. The minimum atomic E-state index is -0.235. The smallest absolute Gasteiger partial charge is 0.229 e. The largest absolute Gasteiger partial charge is 0.366 e. The Morgan fingerprint density at radius 2 is 1.81 bits per heavy atom. The van der Waals surface area contributed by atoms with Crippen molar-refractivity contribution in [2.45, 2.75) is 33.2 Å². The Morgan fingerprint density at radius 3 is 2.54 bits per heavy atom. The molecule has 0 bridgehead atoms. The van der Waals surface area contributed by atoms with Gasteiger partial charge in [0.2, 0.25) is 5.95 Å². The number of nitrogens with zero attached hydrogens (tertiary/aromatic N) is 2. The van der Waals surface area contributed by atoms with Crippen LogP contribution in [0, 0.1) is 12.7 Å². The normalized spacial score (nSPS) is 10.8. The summed E-state index contributed by atoms with van der Waals surface area (Å²) in [6.07, 6.45) is 1.72. The maximum Gasteiger partial charge on any atom is 0.229 e. The highest BCUT2D eigenvalue weighted by atomic mass is 19.1. The van der Waals surface area contributed by atoms with Gasteiger partial charge < -0.3 is 10.6 Å². The molecule has 0 unspecified atom stereocenters. The molecule has 3 aromatic rings. The average Bonchev–Trinajstić information content (AvgIpc) is 2.63. The molecule has 134 valence electrons. The van der Waals surface area contributed by atoms with Crippen LogP contribution >= 0.6 is 0 Å². The monoisotopic (exact) mass is 350 g/mol. The first kappa shape index (κ1) is 17.9. The second kappa shape index (κ2) is 7.95. The molecule has 2 aromatic carbocycles. The van der Waals surface area contributed by atoms with E-state index < -0.39 is 0 Å². The fourth-order valence-electron chi connectivity index (χ4n) is 2.77. The number of anilines is 3. The number of aromatic nitrogens is 2. The summed E-state index contributed by atoms with van der Waals surface area (Å²) in [4.78, 5) is 8.87. The van der Waals surface area contributed by atoms with Crippen LogP contribution in [0.2, 0.25) is 0 Å². The minimum Gasteiger partial charge on any atom is -0.366 e. The van der Waals surface area contributed by atoms with Crippen molar-refractivity contribution < 1.29 is 4.39 Å². The zero-order valence-corrected chi connectivity index (χ0v) is 15.3. The standard InChI is InChI=1S/C21H23FN4/c1-14(2)18-6-4-5-15(3)20(18)26-21-23-12-11-19(25-21)24-13-16-7-9-17(22)10-8-16/h4-12,14H,13H2,1-3H3,(H2,23,24,25,26). The molecule has 0 radical (unpaired) electrons. The molecular formula is C21H23FN4. The lowest BCUT2D eigenvalue weighted by Gasteiger charge is -2.16. The molecule has 0 aliphatic carbocycles. The Hall–Kier alpha value is -2.95. The van der Waals surface area contributed by atoms with Gasteiger partial charge in [0.1, 0.15) is 11.6 Å². The number of para-hydroxylation sites is 1. The maximum atomic E-state index is 13.0. The topological polar surface area (TPSA) is 49.8 Å². The molecule has 0 aliphatic rings. The molecule has 0 saturated carbocycles. The molecule has 3 rings (SSSR count). The Labute approximate surface area is 153 Å². The SMILES string of the molecule is Cc1cccc(C(C)C)c1Nc1nccc(NCc2ccc(F)cc2)n1. The molecule has 0 atom stereocenters. The zero-order valence-electron chi connectivity index (χ0n) is 15.3. The summed E-state index contributed by atoms with van der Waals surface area (Å²) < 4.78 is 13.0. The van der Waals surface area contributed by atoms with E-state index in [9.17, 15) is 4.39 Å². The van der Waals surface area contributed by atoms with Crippen LogP contribution < -0.4 is 10.6 Å². The third-order valence-corrected chi connectivity index (χ3v) is 4.21. The van der Waals surface area contributed by atoms with Gasteiger partial charge in [0, 0.05) is 18.4 Å². The summed E-state index contributed by atoms with van der Waals surface area (Å²) in [7, 11) is 0. The summed E-state index contributed by atoms with van der Waals surface area (Å²) in [5.74, 6) is 1.43. The maximum absolute atomic E-state index is 13.0. The summed E-state index contributed by atoms with van der Waals surface area (Å²) in [6, 6.07) is 14.5. The summed E-state index contributed by atoms with van der Waals surface area (Å²) in [6.45, 7) is 6.98. The zero-order chi connectivity index (χ0) is 18.5. The second-order valence-electron chi connectivity index (χ2n) is 6.56. The quantitative estimate of drug-likeness (QED) is 0.625. The Balaban J connectivity index is 1.75. The Bertz CT molecular complexity index is 875. The van der Waals surface area contributed by atoms with Crippen molar-refractivity contribution in [3.8, 4) is 0 Å². The third-order valence-electron chi connectivity index (χ3n) is 4.21. The van der Waals surface area contributed by atoms with Gasteiger partial charge in [0.05, 0.1) is 0 Å². The Kier molecular flexibility index (Phi) is 5.46. The molecule has 0 saturated heterocycles. The van der Waals surface area contributed by atoms with E-state index in [1.807, 2.05) is 6.07 Å². The van der Waals surface area contributed by atoms with Crippen LogP contribution in [-0.2, 0) is 6.54 Å². The van der Waals surface area contributed by atoms with Crippen molar-refractivity contribution in [3.05, 3.63) is 77.2 Å². The number of benzene rings is 2. The van der Waals surface area contributed by atoms with E-state index in [4.69, 9.17) is 0 Å². The van der Waals surface area contributed by atoms with Gasteiger partial charge in [-0.15, -0.1) is 0 Å². The van der Waals surface area contributed by atoms with Crippen LogP contribution in [0.3, 0.4) is 0 Å². The Morgan fingerprint density at radius 1 is 1.04 bits per heavy atom. The van der Waals surface area contributed by atoms with Gasteiger partial charge in [0.15, 0.2) is 0 Å². The van der Waals surface area contributed by atoms with E-state index in [0.29, 0.717) is 24.2 Å². The van der Waals surface area contributed by atoms with Gasteiger partial charge >= 0.3 is 0 Å². The van der Waals surface area contributed by atoms with Gasteiger partial charge in [-0.05, 0) is 47.7 Å². The summed E-state index contributed by atoms with van der Waals surface area (Å²) in [5.41, 5.74) is 4.43. The average molecular weight is 350 g/mol. The van der Waals surface area contributed by atoms with Gasteiger partial charge in [-0.2, -0.15) is 4.98 Å². The lowest BCUT2D eigenvalue weighted by Crippen LogP contribution is -2.06. The van der Waals surface area contributed by atoms with Gasteiger partial charge in [-0.3, -0.25) is 0 Å². The predicted molar refractivity (Wildman–Crippen MR) is 104 cm³/mol. The van der Waals surface area contributed by atoms with Crippen LogP contribution in [0.1, 0.15) is 36.5 Å². The molecular weight excluding hydrogens is 327 g/mol. The molecule has 2 N–H and O–H groups in total. The van der Waals surface area contributed by atoms with E-state index in [1.165, 1.54) is 17.7 Å².